The Balaban J connectivity index is 2.43. The van der Waals surface area contributed by atoms with Gasteiger partial charge in [-0.25, -0.2) is 4.39 Å². The fourth-order valence-electron chi connectivity index (χ4n) is 1.42. The highest BCUT2D eigenvalue weighted by Gasteiger charge is 2.19. The highest BCUT2D eigenvalue weighted by molar-refractivity contribution is 5.32. The normalized spacial score (nSPS) is 12.4. The standard InChI is InChI=1S/C12H9FO4/c13-8-3-1-7(2-4-8)10(15)12-11(16)9(14)5-6-17-12/h1-6,10,15-16H. The van der Waals surface area contributed by atoms with Crippen LogP contribution < -0.4 is 5.43 Å². The highest BCUT2D eigenvalue weighted by atomic mass is 19.1. The highest BCUT2D eigenvalue weighted by Crippen LogP contribution is 2.26. The fraction of sp³-hybridized carbons (Fsp3) is 0.0833. The van der Waals surface area contributed by atoms with Crippen molar-refractivity contribution in [2.24, 2.45) is 0 Å². The van der Waals surface area contributed by atoms with Crippen molar-refractivity contribution in [2.45, 2.75) is 6.10 Å². The van der Waals surface area contributed by atoms with Crippen LogP contribution in [0, 0.1) is 5.82 Å². The van der Waals surface area contributed by atoms with Gasteiger partial charge >= 0.3 is 0 Å². The van der Waals surface area contributed by atoms with Crippen LogP contribution in [0.2, 0.25) is 0 Å². The quantitative estimate of drug-likeness (QED) is 0.830. The van der Waals surface area contributed by atoms with Gasteiger partial charge in [-0.2, -0.15) is 0 Å². The van der Waals surface area contributed by atoms with Gasteiger partial charge in [0.1, 0.15) is 11.9 Å². The van der Waals surface area contributed by atoms with Gasteiger partial charge in [-0.1, -0.05) is 12.1 Å². The maximum absolute atomic E-state index is 12.7. The summed E-state index contributed by atoms with van der Waals surface area (Å²) in [6, 6.07) is 6.04. The van der Waals surface area contributed by atoms with Crippen molar-refractivity contribution in [1.82, 2.24) is 0 Å². The van der Waals surface area contributed by atoms with E-state index in [4.69, 9.17) is 4.42 Å². The van der Waals surface area contributed by atoms with Crippen molar-refractivity contribution >= 4 is 0 Å². The van der Waals surface area contributed by atoms with Crippen molar-refractivity contribution in [3.63, 3.8) is 0 Å². The second-order valence-electron chi connectivity index (χ2n) is 3.45. The maximum Gasteiger partial charge on any atom is 0.226 e. The smallest absolute Gasteiger partial charge is 0.226 e. The van der Waals surface area contributed by atoms with Gasteiger partial charge < -0.3 is 14.6 Å². The van der Waals surface area contributed by atoms with Gasteiger partial charge in [0.05, 0.1) is 6.26 Å². The first-order valence-electron chi connectivity index (χ1n) is 4.84. The Hall–Kier alpha value is -2.14. The number of aliphatic hydroxyl groups is 1. The number of benzene rings is 1. The zero-order chi connectivity index (χ0) is 12.4. The van der Waals surface area contributed by atoms with E-state index in [0.29, 0.717) is 5.56 Å². The van der Waals surface area contributed by atoms with Crippen LogP contribution in [0.25, 0.3) is 0 Å². The summed E-state index contributed by atoms with van der Waals surface area (Å²) in [5.74, 6) is -1.35. The predicted octanol–water partition coefficient (Wildman–Crippen LogP) is 1.57. The van der Waals surface area contributed by atoms with E-state index in [9.17, 15) is 19.4 Å². The molecule has 0 aliphatic heterocycles. The lowest BCUT2D eigenvalue weighted by molar-refractivity contribution is 0.178. The van der Waals surface area contributed by atoms with Crippen molar-refractivity contribution in [3.8, 4) is 5.75 Å². The van der Waals surface area contributed by atoms with Crippen LogP contribution in [0.3, 0.4) is 0 Å². The van der Waals surface area contributed by atoms with E-state index in [0.717, 1.165) is 24.5 Å². The zero-order valence-corrected chi connectivity index (χ0v) is 8.63. The first kappa shape index (κ1) is 11.3. The number of halogens is 1. The molecule has 0 radical (unpaired) electrons. The molecule has 0 fully saturated rings. The van der Waals surface area contributed by atoms with Gasteiger partial charge in [-0.05, 0) is 17.7 Å². The van der Waals surface area contributed by atoms with Crippen LogP contribution in [0.1, 0.15) is 17.4 Å². The Morgan fingerprint density at radius 1 is 1.18 bits per heavy atom. The average Bonchev–Trinajstić information content (AvgIpc) is 2.33. The maximum atomic E-state index is 12.7. The van der Waals surface area contributed by atoms with Gasteiger partial charge in [0.15, 0.2) is 5.76 Å². The van der Waals surface area contributed by atoms with E-state index in [-0.39, 0.29) is 5.76 Å². The molecular weight excluding hydrogens is 227 g/mol. The van der Waals surface area contributed by atoms with Gasteiger partial charge in [-0.15, -0.1) is 0 Å². The summed E-state index contributed by atoms with van der Waals surface area (Å²) >= 11 is 0. The van der Waals surface area contributed by atoms with E-state index in [1.165, 1.54) is 12.1 Å². The summed E-state index contributed by atoms with van der Waals surface area (Å²) in [5, 5.41) is 19.3. The molecule has 2 rings (SSSR count). The Kier molecular flexibility index (Phi) is 2.93. The van der Waals surface area contributed by atoms with Crippen LogP contribution in [-0.4, -0.2) is 10.2 Å². The molecule has 2 N–H and O–H groups in total. The van der Waals surface area contributed by atoms with E-state index < -0.39 is 23.1 Å². The monoisotopic (exact) mass is 236 g/mol. The Morgan fingerprint density at radius 3 is 2.47 bits per heavy atom. The van der Waals surface area contributed by atoms with Crippen LogP contribution >= 0.6 is 0 Å². The molecule has 5 heteroatoms. The number of aliphatic hydroxyl groups excluding tert-OH is 1. The molecule has 88 valence electrons. The molecule has 1 unspecified atom stereocenters. The van der Waals surface area contributed by atoms with E-state index in [1.54, 1.807) is 0 Å². The molecular formula is C12H9FO4. The molecule has 1 aromatic heterocycles. The Morgan fingerprint density at radius 2 is 1.82 bits per heavy atom. The van der Waals surface area contributed by atoms with Crippen LogP contribution in [0.5, 0.6) is 5.75 Å². The van der Waals surface area contributed by atoms with Gasteiger partial charge in [-0.3, -0.25) is 4.79 Å². The first-order chi connectivity index (χ1) is 8.09. The minimum Gasteiger partial charge on any atom is -0.502 e. The van der Waals surface area contributed by atoms with Gasteiger partial charge in [0.25, 0.3) is 0 Å². The molecule has 2 aromatic rings. The molecule has 1 heterocycles. The third-order valence-corrected chi connectivity index (χ3v) is 2.32. The number of hydrogen-bond donors (Lipinski definition) is 2. The van der Waals surface area contributed by atoms with Crippen LogP contribution in [0.15, 0.2) is 45.8 Å². The topological polar surface area (TPSA) is 70.7 Å². The minimum atomic E-state index is -1.32. The lowest BCUT2D eigenvalue weighted by Crippen LogP contribution is -2.06. The summed E-state index contributed by atoms with van der Waals surface area (Å²) in [4.78, 5) is 11.1. The van der Waals surface area contributed by atoms with Crippen molar-refractivity contribution in [1.29, 1.82) is 0 Å². The summed E-state index contributed by atoms with van der Waals surface area (Å²) in [6.45, 7) is 0. The van der Waals surface area contributed by atoms with Gasteiger partial charge in [0.2, 0.25) is 11.2 Å². The molecule has 0 amide bonds. The number of hydrogen-bond acceptors (Lipinski definition) is 4. The SMILES string of the molecule is O=c1ccoc(C(O)c2ccc(F)cc2)c1O. The van der Waals surface area contributed by atoms with Crippen molar-refractivity contribution < 1.29 is 19.0 Å². The summed E-state index contributed by atoms with van der Waals surface area (Å²) in [7, 11) is 0. The van der Waals surface area contributed by atoms with Crippen LogP contribution in [0.4, 0.5) is 4.39 Å². The molecule has 1 atom stereocenters. The molecule has 4 nitrogen and oxygen atoms in total. The average molecular weight is 236 g/mol. The molecule has 0 bridgehead atoms. The van der Waals surface area contributed by atoms with E-state index in [1.807, 2.05) is 0 Å². The molecule has 0 saturated heterocycles. The third-order valence-electron chi connectivity index (χ3n) is 2.32. The number of rotatable bonds is 2. The predicted molar refractivity (Wildman–Crippen MR) is 57.1 cm³/mol. The fourth-order valence-corrected chi connectivity index (χ4v) is 1.42. The number of aromatic hydroxyl groups is 1. The molecule has 0 spiro atoms. The second kappa shape index (κ2) is 4.39. The van der Waals surface area contributed by atoms with Gasteiger partial charge in [0, 0.05) is 6.07 Å². The zero-order valence-electron chi connectivity index (χ0n) is 8.63. The molecule has 1 aromatic carbocycles. The summed E-state index contributed by atoms with van der Waals surface area (Å²) < 4.78 is 17.6. The Labute approximate surface area is 95.6 Å². The summed E-state index contributed by atoms with van der Waals surface area (Å²) in [6.07, 6.45) is -0.242. The second-order valence-corrected chi connectivity index (χ2v) is 3.45. The largest absolute Gasteiger partial charge is 0.502 e. The molecule has 17 heavy (non-hydrogen) atoms. The van der Waals surface area contributed by atoms with Crippen molar-refractivity contribution in [3.05, 3.63) is 64.0 Å². The lowest BCUT2D eigenvalue weighted by atomic mass is 10.1. The molecule has 0 aliphatic rings. The first-order valence-corrected chi connectivity index (χ1v) is 4.84. The van der Waals surface area contributed by atoms with E-state index in [2.05, 4.69) is 0 Å². The van der Waals surface area contributed by atoms with Crippen molar-refractivity contribution in [2.75, 3.05) is 0 Å². The molecule has 0 aliphatic carbocycles. The lowest BCUT2D eigenvalue weighted by Gasteiger charge is -2.10. The van der Waals surface area contributed by atoms with E-state index >= 15 is 0 Å². The minimum absolute atomic E-state index is 0.260. The summed E-state index contributed by atoms with van der Waals surface area (Å²) in [5.41, 5.74) is -0.330. The third kappa shape index (κ3) is 2.19. The Bertz CT molecular complexity index is 574. The van der Waals surface area contributed by atoms with Crippen LogP contribution in [-0.2, 0) is 0 Å². The molecule has 0 saturated carbocycles.